The summed E-state index contributed by atoms with van der Waals surface area (Å²) >= 11 is 3.14. The summed E-state index contributed by atoms with van der Waals surface area (Å²) in [6, 6.07) is 1.36. The Morgan fingerprint density at radius 1 is 1.53 bits per heavy atom. The van der Waals surface area contributed by atoms with Crippen LogP contribution in [0, 0.1) is 6.92 Å². The van der Waals surface area contributed by atoms with Gasteiger partial charge in [0.15, 0.2) is 5.82 Å². The molecule has 0 atom stereocenters. The van der Waals surface area contributed by atoms with Gasteiger partial charge < -0.3 is 10.3 Å². The highest BCUT2D eigenvalue weighted by molar-refractivity contribution is 9.10. The molecule has 2 rings (SSSR count). The Morgan fingerprint density at radius 2 is 2.26 bits per heavy atom. The number of nitrogens with two attached hydrogens (primary N) is 1. The van der Waals surface area contributed by atoms with Crippen molar-refractivity contribution in [2.45, 2.75) is 18.4 Å². The van der Waals surface area contributed by atoms with Gasteiger partial charge in [0.1, 0.15) is 10.7 Å². The molecular formula is C9H10BrN5O3S. The molecule has 0 aromatic carbocycles. The van der Waals surface area contributed by atoms with Crippen molar-refractivity contribution in [2.75, 3.05) is 5.73 Å². The molecule has 0 aliphatic heterocycles. The van der Waals surface area contributed by atoms with Crippen LogP contribution < -0.4 is 10.5 Å². The van der Waals surface area contributed by atoms with E-state index in [2.05, 4.69) is 35.8 Å². The molecule has 19 heavy (non-hydrogen) atoms. The number of rotatable bonds is 4. The van der Waals surface area contributed by atoms with Crippen molar-refractivity contribution in [3.8, 4) is 0 Å². The summed E-state index contributed by atoms with van der Waals surface area (Å²) in [6.07, 6.45) is 1.41. The van der Waals surface area contributed by atoms with Gasteiger partial charge in [-0.1, -0.05) is 5.16 Å². The Labute approximate surface area is 117 Å². The van der Waals surface area contributed by atoms with Crippen LogP contribution in [0.15, 0.2) is 26.2 Å². The van der Waals surface area contributed by atoms with E-state index in [4.69, 9.17) is 10.3 Å². The summed E-state index contributed by atoms with van der Waals surface area (Å²) in [5, 5.41) is 3.56. The zero-order valence-corrected chi connectivity index (χ0v) is 12.2. The minimum atomic E-state index is -3.80. The largest absolute Gasteiger partial charge is 0.383 e. The van der Waals surface area contributed by atoms with E-state index in [0.717, 1.165) is 0 Å². The van der Waals surface area contributed by atoms with Gasteiger partial charge in [0, 0.05) is 10.7 Å². The molecule has 3 N–H and O–H groups in total. The molecular weight excluding hydrogens is 338 g/mol. The highest BCUT2D eigenvalue weighted by Gasteiger charge is 2.19. The van der Waals surface area contributed by atoms with Gasteiger partial charge in [0.2, 0.25) is 15.9 Å². The first-order chi connectivity index (χ1) is 8.88. The van der Waals surface area contributed by atoms with Crippen LogP contribution in [0.5, 0.6) is 0 Å². The van der Waals surface area contributed by atoms with Crippen LogP contribution in [0.4, 0.5) is 5.82 Å². The molecule has 0 aliphatic carbocycles. The minimum absolute atomic E-state index is 0.0857. The summed E-state index contributed by atoms with van der Waals surface area (Å²) < 4.78 is 31.7. The van der Waals surface area contributed by atoms with Crippen molar-refractivity contribution in [1.82, 2.24) is 19.8 Å². The number of aryl methyl sites for hydroxylation is 1. The summed E-state index contributed by atoms with van der Waals surface area (Å²) in [7, 11) is -3.80. The van der Waals surface area contributed by atoms with E-state index >= 15 is 0 Å². The standard InChI is InChI=1S/C9H10BrN5O3S/c1-5-14-8(18-15-5)4-13-19(16,17)7-2-6(10)3-12-9(7)11/h2-3,13H,4H2,1H3,(H2,11,12). The van der Waals surface area contributed by atoms with Crippen LogP contribution in [0.2, 0.25) is 0 Å². The van der Waals surface area contributed by atoms with Crippen molar-refractivity contribution in [2.24, 2.45) is 0 Å². The molecule has 0 aliphatic rings. The molecule has 0 saturated heterocycles. The molecule has 2 aromatic heterocycles. The molecule has 0 spiro atoms. The van der Waals surface area contributed by atoms with Gasteiger partial charge in [0.05, 0.1) is 6.54 Å². The summed E-state index contributed by atoms with van der Waals surface area (Å²) in [6.45, 7) is 1.52. The Balaban J connectivity index is 2.20. The maximum Gasteiger partial charge on any atom is 0.244 e. The molecule has 102 valence electrons. The Kier molecular flexibility index (Phi) is 3.83. The predicted octanol–water partition coefficient (Wildman–Crippen LogP) is 0.596. The zero-order valence-electron chi connectivity index (χ0n) is 9.79. The van der Waals surface area contributed by atoms with Crippen LogP contribution in [-0.2, 0) is 16.6 Å². The van der Waals surface area contributed by atoms with Gasteiger partial charge in [-0.3, -0.25) is 0 Å². The van der Waals surface area contributed by atoms with Gasteiger partial charge in [-0.25, -0.2) is 18.1 Å². The number of nitrogens with one attached hydrogen (secondary N) is 1. The molecule has 0 saturated carbocycles. The number of hydrogen-bond donors (Lipinski definition) is 2. The monoisotopic (exact) mass is 347 g/mol. The van der Waals surface area contributed by atoms with Crippen molar-refractivity contribution >= 4 is 31.8 Å². The average Bonchev–Trinajstić information content (AvgIpc) is 2.76. The fourth-order valence-electron chi connectivity index (χ4n) is 1.29. The Hall–Kier alpha value is -1.52. The number of aromatic nitrogens is 3. The smallest absolute Gasteiger partial charge is 0.244 e. The first kappa shape index (κ1) is 13.9. The topological polar surface area (TPSA) is 124 Å². The molecule has 0 bridgehead atoms. The van der Waals surface area contributed by atoms with Crippen molar-refractivity contribution in [3.63, 3.8) is 0 Å². The maximum atomic E-state index is 12.0. The number of hydrogen-bond acceptors (Lipinski definition) is 7. The Bertz CT molecular complexity index is 700. The SMILES string of the molecule is Cc1noc(CNS(=O)(=O)c2cc(Br)cnc2N)n1. The van der Waals surface area contributed by atoms with Gasteiger partial charge in [-0.15, -0.1) is 0 Å². The molecule has 0 amide bonds. The van der Waals surface area contributed by atoms with Crippen molar-refractivity contribution < 1.29 is 12.9 Å². The number of sulfonamides is 1. The van der Waals surface area contributed by atoms with Gasteiger partial charge >= 0.3 is 0 Å². The fourth-order valence-corrected chi connectivity index (χ4v) is 2.85. The lowest BCUT2D eigenvalue weighted by Crippen LogP contribution is -2.24. The molecule has 0 unspecified atom stereocenters. The normalized spacial score (nSPS) is 11.7. The van der Waals surface area contributed by atoms with E-state index in [0.29, 0.717) is 10.3 Å². The van der Waals surface area contributed by atoms with Crippen LogP contribution in [0.25, 0.3) is 0 Å². The van der Waals surface area contributed by atoms with Gasteiger partial charge in [-0.05, 0) is 28.9 Å². The van der Waals surface area contributed by atoms with Crippen LogP contribution in [-0.4, -0.2) is 23.5 Å². The van der Waals surface area contributed by atoms with Crippen LogP contribution >= 0.6 is 15.9 Å². The second kappa shape index (κ2) is 5.23. The van der Waals surface area contributed by atoms with Gasteiger partial charge in [0.25, 0.3) is 0 Å². The summed E-state index contributed by atoms with van der Waals surface area (Å²) in [4.78, 5) is 7.54. The zero-order chi connectivity index (χ0) is 14.0. The third-order valence-corrected chi connectivity index (χ3v) is 3.99. The number of nitrogen functional groups attached to an aromatic ring is 1. The lowest BCUT2D eigenvalue weighted by Gasteiger charge is -2.07. The lowest BCUT2D eigenvalue weighted by molar-refractivity contribution is 0.372. The second-order valence-electron chi connectivity index (χ2n) is 3.60. The van der Waals surface area contributed by atoms with Gasteiger partial charge in [-0.2, -0.15) is 4.98 Å². The summed E-state index contributed by atoms with van der Waals surface area (Å²) in [5.41, 5.74) is 5.55. The van der Waals surface area contributed by atoms with E-state index in [-0.39, 0.29) is 23.1 Å². The number of halogens is 1. The number of pyridine rings is 1. The van der Waals surface area contributed by atoms with Crippen LogP contribution in [0.3, 0.4) is 0 Å². The van der Waals surface area contributed by atoms with E-state index < -0.39 is 10.0 Å². The highest BCUT2D eigenvalue weighted by atomic mass is 79.9. The lowest BCUT2D eigenvalue weighted by atomic mass is 10.5. The quantitative estimate of drug-likeness (QED) is 0.829. The van der Waals surface area contributed by atoms with Crippen molar-refractivity contribution in [1.29, 1.82) is 0 Å². The van der Waals surface area contributed by atoms with E-state index in [1.807, 2.05) is 0 Å². The molecule has 0 radical (unpaired) electrons. The third-order valence-electron chi connectivity index (χ3n) is 2.12. The first-order valence-corrected chi connectivity index (χ1v) is 7.36. The Morgan fingerprint density at radius 3 is 2.89 bits per heavy atom. The van der Waals surface area contributed by atoms with E-state index in [1.54, 1.807) is 6.92 Å². The minimum Gasteiger partial charge on any atom is -0.383 e. The molecule has 2 aromatic rings. The maximum absolute atomic E-state index is 12.0. The summed E-state index contributed by atoms with van der Waals surface area (Å²) in [5.74, 6) is 0.512. The molecule has 8 nitrogen and oxygen atoms in total. The van der Waals surface area contributed by atoms with E-state index in [1.165, 1.54) is 12.3 Å². The number of nitrogens with zero attached hydrogens (tertiary/aromatic N) is 3. The van der Waals surface area contributed by atoms with Crippen molar-refractivity contribution in [3.05, 3.63) is 28.5 Å². The molecule has 2 heterocycles. The first-order valence-electron chi connectivity index (χ1n) is 5.08. The van der Waals surface area contributed by atoms with E-state index in [9.17, 15) is 8.42 Å². The predicted molar refractivity (Wildman–Crippen MR) is 69.4 cm³/mol. The molecule has 0 fully saturated rings. The molecule has 10 heteroatoms. The average molecular weight is 348 g/mol. The highest BCUT2D eigenvalue weighted by Crippen LogP contribution is 2.20. The number of anilines is 1. The second-order valence-corrected chi connectivity index (χ2v) is 6.25. The van der Waals surface area contributed by atoms with Crippen LogP contribution in [0.1, 0.15) is 11.7 Å². The fraction of sp³-hybridized carbons (Fsp3) is 0.222. The third kappa shape index (κ3) is 3.28.